The van der Waals surface area contributed by atoms with Crippen LogP contribution in [0.5, 0.6) is 5.75 Å². The fourth-order valence-corrected chi connectivity index (χ4v) is 3.71. The molecule has 0 aliphatic carbocycles. The van der Waals surface area contributed by atoms with Gasteiger partial charge in [0.2, 0.25) is 11.8 Å². The fraction of sp³-hybridized carbons (Fsp3) is 0.400. The number of amides is 2. The lowest BCUT2D eigenvalue weighted by Gasteiger charge is -2.31. The Morgan fingerprint density at radius 3 is 2.53 bits per heavy atom. The smallest absolute Gasteiger partial charge is 0.260 e. The first-order chi connectivity index (χ1) is 15.3. The van der Waals surface area contributed by atoms with Crippen molar-refractivity contribution in [2.45, 2.75) is 39.0 Å². The molecule has 0 unspecified atom stereocenters. The van der Waals surface area contributed by atoms with Crippen LogP contribution in [0.25, 0.3) is 11.1 Å². The van der Waals surface area contributed by atoms with Gasteiger partial charge in [0.25, 0.3) is 5.91 Å². The number of anilines is 1. The Hall–Kier alpha value is -3.35. The molecule has 7 nitrogen and oxygen atoms in total. The molecule has 1 aromatic heterocycles. The van der Waals surface area contributed by atoms with Gasteiger partial charge in [0.1, 0.15) is 11.3 Å². The first-order valence-corrected chi connectivity index (χ1v) is 11.0. The van der Waals surface area contributed by atoms with E-state index in [0.717, 1.165) is 5.52 Å². The standard InChI is InChI=1S/C25H29N3O4/c1-25(2,3)24-27-20-15-18(9-10-21(20)32-24)26-23(30)17-11-13-28(14-12-17)22(29)16-31-19-7-5-4-6-8-19/h4-10,15,17H,11-14,16H2,1-3H3,(H,26,30). The van der Waals surface area contributed by atoms with Crippen molar-refractivity contribution in [1.29, 1.82) is 0 Å². The molecule has 0 atom stereocenters. The van der Waals surface area contributed by atoms with Gasteiger partial charge >= 0.3 is 0 Å². The van der Waals surface area contributed by atoms with E-state index in [0.29, 0.717) is 48.8 Å². The van der Waals surface area contributed by atoms with Gasteiger partial charge in [-0.05, 0) is 43.2 Å². The van der Waals surface area contributed by atoms with Crippen LogP contribution in [0.3, 0.4) is 0 Å². The molecule has 1 aliphatic heterocycles. The van der Waals surface area contributed by atoms with Crippen LogP contribution in [0.4, 0.5) is 5.69 Å². The number of ether oxygens (including phenoxy) is 1. The lowest BCUT2D eigenvalue weighted by Crippen LogP contribution is -2.43. The van der Waals surface area contributed by atoms with Gasteiger partial charge in [0.15, 0.2) is 12.2 Å². The maximum Gasteiger partial charge on any atom is 0.260 e. The fourth-order valence-electron chi connectivity index (χ4n) is 3.71. The number of benzene rings is 2. The zero-order valence-corrected chi connectivity index (χ0v) is 18.8. The Morgan fingerprint density at radius 1 is 1.12 bits per heavy atom. The lowest BCUT2D eigenvalue weighted by atomic mass is 9.95. The predicted molar refractivity (Wildman–Crippen MR) is 123 cm³/mol. The minimum atomic E-state index is -0.181. The molecule has 2 aromatic carbocycles. The number of rotatable bonds is 5. The van der Waals surface area contributed by atoms with Crippen LogP contribution < -0.4 is 10.1 Å². The van der Waals surface area contributed by atoms with Crippen molar-refractivity contribution in [3.05, 3.63) is 54.4 Å². The largest absolute Gasteiger partial charge is 0.484 e. The number of fused-ring (bicyclic) bond motifs is 1. The highest BCUT2D eigenvalue weighted by Crippen LogP contribution is 2.28. The summed E-state index contributed by atoms with van der Waals surface area (Å²) in [6, 6.07) is 14.8. The quantitative estimate of drug-likeness (QED) is 0.643. The molecule has 2 amide bonds. The number of hydrogen-bond donors (Lipinski definition) is 1. The van der Waals surface area contributed by atoms with Crippen LogP contribution in [0.1, 0.15) is 39.5 Å². The number of likely N-dealkylation sites (tertiary alicyclic amines) is 1. The van der Waals surface area contributed by atoms with Crippen LogP contribution in [0.15, 0.2) is 52.9 Å². The van der Waals surface area contributed by atoms with Crippen molar-refractivity contribution in [1.82, 2.24) is 9.88 Å². The highest BCUT2D eigenvalue weighted by molar-refractivity contribution is 5.94. The number of piperidine rings is 1. The molecule has 4 rings (SSSR count). The molecule has 1 N–H and O–H groups in total. The number of oxazole rings is 1. The maximum absolute atomic E-state index is 12.8. The Kier molecular flexibility index (Phi) is 6.17. The first kappa shape index (κ1) is 21.9. The topological polar surface area (TPSA) is 84.7 Å². The number of hydrogen-bond acceptors (Lipinski definition) is 5. The van der Waals surface area contributed by atoms with Crippen LogP contribution >= 0.6 is 0 Å². The number of nitrogens with one attached hydrogen (secondary N) is 1. The predicted octanol–water partition coefficient (Wildman–Crippen LogP) is 4.38. The van der Waals surface area contributed by atoms with E-state index in [1.54, 1.807) is 4.90 Å². The number of nitrogens with zero attached hydrogens (tertiary/aromatic N) is 2. The van der Waals surface area contributed by atoms with E-state index in [9.17, 15) is 9.59 Å². The van der Waals surface area contributed by atoms with Crippen molar-refractivity contribution in [3.8, 4) is 5.75 Å². The van der Waals surface area contributed by atoms with E-state index in [4.69, 9.17) is 9.15 Å². The third kappa shape index (κ3) is 5.10. The summed E-state index contributed by atoms with van der Waals surface area (Å²) >= 11 is 0. The molecule has 7 heteroatoms. The molecule has 168 valence electrons. The van der Waals surface area contributed by atoms with Crippen LogP contribution in [-0.4, -0.2) is 41.4 Å². The molecule has 0 spiro atoms. The van der Waals surface area contributed by atoms with E-state index < -0.39 is 0 Å². The van der Waals surface area contributed by atoms with Gasteiger partial charge in [-0.3, -0.25) is 9.59 Å². The van der Waals surface area contributed by atoms with Crippen LogP contribution in [0.2, 0.25) is 0 Å². The Balaban J connectivity index is 1.29. The molecular formula is C25H29N3O4. The molecule has 3 aromatic rings. The minimum absolute atomic E-state index is 0.00907. The molecule has 1 fully saturated rings. The number of carbonyl (C=O) groups excluding carboxylic acids is 2. The molecular weight excluding hydrogens is 406 g/mol. The van der Waals surface area contributed by atoms with Crippen molar-refractivity contribution in [2.75, 3.05) is 25.0 Å². The monoisotopic (exact) mass is 435 g/mol. The Bertz CT molecular complexity index is 1090. The number of aromatic nitrogens is 1. The van der Waals surface area contributed by atoms with Crippen molar-refractivity contribution in [2.24, 2.45) is 5.92 Å². The number of carbonyl (C=O) groups is 2. The van der Waals surface area contributed by atoms with Gasteiger partial charge in [0, 0.05) is 30.1 Å². The van der Waals surface area contributed by atoms with Gasteiger partial charge in [-0.2, -0.15) is 0 Å². The van der Waals surface area contributed by atoms with Gasteiger partial charge in [-0.25, -0.2) is 4.98 Å². The first-order valence-electron chi connectivity index (χ1n) is 11.0. The third-order valence-corrected chi connectivity index (χ3v) is 5.62. The van der Waals surface area contributed by atoms with E-state index in [1.165, 1.54) is 0 Å². The van der Waals surface area contributed by atoms with Crippen LogP contribution in [0, 0.1) is 5.92 Å². The molecule has 32 heavy (non-hydrogen) atoms. The SMILES string of the molecule is CC(C)(C)c1nc2cc(NC(=O)C3CCN(C(=O)COc4ccccc4)CC3)ccc2o1. The molecule has 1 aliphatic rings. The number of para-hydroxylation sites is 1. The van der Waals surface area contributed by atoms with E-state index in [-0.39, 0.29) is 29.8 Å². The summed E-state index contributed by atoms with van der Waals surface area (Å²) in [5.74, 6) is 1.13. The molecule has 0 bridgehead atoms. The molecule has 0 radical (unpaired) electrons. The van der Waals surface area contributed by atoms with E-state index in [2.05, 4.69) is 10.3 Å². The average molecular weight is 436 g/mol. The van der Waals surface area contributed by atoms with Crippen molar-refractivity contribution in [3.63, 3.8) is 0 Å². The summed E-state index contributed by atoms with van der Waals surface area (Å²) in [5.41, 5.74) is 1.95. The second kappa shape index (κ2) is 9.02. The normalized spacial score (nSPS) is 15.0. The lowest BCUT2D eigenvalue weighted by molar-refractivity contribution is -0.136. The highest BCUT2D eigenvalue weighted by atomic mass is 16.5. The highest BCUT2D eigenvalue weighted by Gasteiger charge is 2.28. The van der Waals surface area contributed by atoms with Gasteiger partial charge < -0.3 is 19.4 Å². The van der Waals surface area contributed by atoms with Gasteiger partial charge in [0.05, 0.1) is 0 Å². The summed E-state index contributed by atoms with van der Waals surface area (Å²) in [6.45, 7) is 7.25. The summed E-state index contributed by atoms with van der Waals surface area (Å²) in [4.78, 5) is 31.5. The van der Waals surface area contributed by atoms with Gasteiger partial charge in [-0.15, -0.1) is 0 Å². The third-order valence-electron chi connectivity index (χ3n) is 5.62. The maximum atomic E-state index is 12.8. The van der Waals surface area contributed by atoms with Crippen molar-refractivity contribution >= 4 is 28.6 Å². The van der Waals surface area contributed by atoms with Crippen LogP contribution in [-0.2, 0) is 15.0 Å². The molecule has 1 saturated heterocycles. The molecule has 2 heterocycles. The second-order valence-corrected chi connectivity index (χ2v) is 9.20. The second-order valence-electron chi connectivity index (χ2n) is 9.20. The summed E-state index contributed by atoms with van der Waals surface area (Å²) < 4.78 is 11.4. The average Bonchev–Trinajstić information content (AvgIpc) is 3.22. The Labute approximate surface area is 187 Å². The summed E-state index contributed by atoms with van der Waals surface area (Å²) in [6.07, 6.45) is 1.26. The summed E-state index contributed by atoms with van der Waals surface area (Å²) in [5, 5.41) is 2.99. The zero-order chi connectivity index (χ0) is 22.7. The minimum Gasteiger partial charge on any atom is -0.484 e. The van der Waals surface area contributed by atoms with E-state index >= 15 is 0 Å². The summed E-state index contributed by atoms with van der Waals surface area (Å²) in [7, 11) is 0. The van der Waals surface area contributed by atoms with E-state index in [1.807, 2.05) is 69.3 Å². The Morgan fingerprint density at radius 2 is 1.84 bits per heavy atom. The molecule has 0 saturated carbocycles. The van der Waals surface area contributed by atoms with Gasteiger partial charge in [-0.1, -0.05) is 39.0 Å². The zero-order valence-electron chi connectivity index (χ0n) is 18.8. The van der Waals surface area contributed by atoms with Crippen molar-refractivity contribution < 1.29 is 18.7 Å².